The van der Waals surface area contributed by atoms with Crippen molar-refractivity contribution < 1.29 is 12.8 Å². The lowest BCUT2D eigenvalue weighted by Gasteiger charge is -2.30. The number of halogens is 2. The normalized spacial score (nSPS) is 24.2. The van der Waals surface area contributed by atoms with Crippen LogP contribution in [0.2, 0.25) is 0 Å². The second kappa shape index (κ2) is 7.82. The Hall–Kier alpha value is -1.76. The van der Waals surface area contributed by atoms with Crippen molar-refractivity contribution in [2.24, 2.45) is 5.41 Å². The lowest BCUT2D eigenvalue weighted by molar-refractivity contribution is 0.370. The third kappa shape index (κ3) is 3.86. The van der Waals surface area contributed by atoms with Crippen molar-refractivity contribution in [3.63, 3.8) is 0 Å². The van der Waals surface area contributed by atoms with Crippen LogP contribution in [0, 0.1) is 12.3 Å². The van der Waals surface area contributed by atoms with E-state index in [0.717, 1.165) is 29.3 Å². The summed E-state index contributed by atoms with van der Waals surface area (Å²) in [5.74, 6) is -0.314. The number of hydrogen-bond donors (Lipinski definition) is 0. The van der Waals surface area contributed by atoms with Crippen LogP contribution in [-0.2, 0) is 10.0 Å². The average Bonchev–Trinajstić information content (AvgIpc) is 3.08. The second-order valence-corrected chi connectivity index (χ2v) is 10.7. The zero-order chi connectivity index (χ0) is 20.6. The molecule has 1 saturated heterocycles. The molecule has 0 saturated carbocycles. The van der Waals surface area contributed by atoms with Gasteiger partial charge in [0.1, 0.15) is 5.83 Å². The minimum atomic E-state index is -3.70. The first-order valence-electron chi connectivity index (χ1n) is 9.71. The Morgan fingerprint density at radius 2 is 1.79 bits per heavy atom. The third-order valence-corrected chi connectivity index (χ3v) is 8.18. The molecule has 6 heteroatoms. The van der Waals surface area contributed by atoms with E-state index in [-0.39, 0.29) is 23.8 Å². The molecule has 29 heavy (non-hydrogen) atoms. The monoisotopic (exact) mass is 475 g/mol. The predicted octanol–water partition coefficient (Wildman–Crippen LogP) is 5.87. The average molecular weight is 476 g/mol. The Morgan fingerprint density at radius 1 is 1.10 bits per heavy atom. The highest BCUT2D eigenvalue weighted by molar-refractivity contribution is 9.10. The number of nitrogens with zero attached hydrogens (tertiary/aromatic N) is 1. The van der Waals surface area contributed by atoms with Crippen molar-refractivity contribution >= 4 is 31.8 Å². The standard InChI is InChI=1S/C23H23BrFNO2S/c1-17-5-11-20(12-6-17)29(27,28)26-15-21(23(16-26)13-3-2-4-14-23)22(25)18-7-9-19(24)10-8-18/h3,5-13H,2,4,14-16H2,1H3/b22-21-. The van der Waals surface area contributed by atoms with E-state index in [4.69, 9.17) is 0 Å². The summed E-state index contributed by atoms with van der Waals surface area (Å²) in [6.07, 6.45) is 6.70. The maximum atomic E-state index is 15.6. The first kappa shape index (κ1) is 20.5. The molecule has 1 unspecified atom stereocenters. The molecule has 1 spiro atoms. The Balaban J connectivity index is 1.78. The third-order valence-electron chi connectivity index (χ3n) is 5.85. The van der Waals surface area contributed by atoms with Crippen LogP contribution in [0.15, 0.2) is 75.6 Å². The fourth-order valence-corrected chi connectivity index (χ4v) is 5.94. The second-order valence-electron chi connectivity index (χ2n) is 7.84. The number of hydrogen-bond acceptors (Lipinski definition) is 2. The molecule has 0 amide bonds. The highest BCUT2D eigenvalue weighted by atomic mass is 79.9. The first-order valence-corrected chi connectivity index (χ1v) is 11.9. The van der Waals surface area contributed by atoms with Gasteiger partial charge in [-0.1, -0.05) is 57.9 Å². The summed E-state index contributed by atoms with van der Waals surface area (Å²) < 4.78 is 44.5. The summed E-state index contributed by atoms with van der Waals surface area (Å²) in [6, 6.07) is 13.9. The molecule has 1 heterocycles. The fraction of sp³-hybridized carbons (Fsp3) is 0.304. The van der Waals surface area contributed by atoms with Crippen LogP contribution in [0.1, 0.15) is 30.4 Å². The maximum Gasteiger partial charge on any atom is 0.243 e. The zero-order valence-corrected chi connectivity index (χ0v) is 18.6. The SMILES string of the molecule is Cc1ccc(S(=O)(=O)N2C/C(=C(/F)c3ccc(Br)cc3)C3(C=CCCC3)C2)cc1. The van der Waals surface area contributed by atoms with E-state index in [1.165, 1.54) is 4.31 Å². The molecule has 0 N–H and O–H groups in total. The zero-order valence-electron chi connectivity index (χ0n) is 16.2. The van der Waals surface area contributed by atoms with Crippen LogP contribution in [0.25, 0.3) is 5.83 Å². The molecular formula is C23H23BrFNO2S. The Kier molecular flexibility index (Phi) is 5.53. The van der Waals surface area contributed by atoms with Crippen LogP contribution in [0.3, 0.4) is 0 Å². The van der Waals surface area contributed by atoms with Gasteiger partial charge in [0.05, 0.1) is 4.90 Å². The van der Waals surface area contributed by atoms with Gasteiger partial charge in [-0.3, -0.25) is 0 Å². The molecule has 0 radical (unpaired) electrons. The van der Waals surface area contributed by atoms with E-state index in [1.54, 1.807) is 48.5 Å². The van der Waals surface area contributed by atoms with E-state index in [1.807, 2.05) is 13.0 Å². The molecule has 1 fully saturated rings. The summed E-state index contributed by atoms with van der Waals surface area (Å²) >= 11 is 3.38. The molecule has 1 aliphatic heterocycles. The van der Waals surface area contributed by atoms with Crippen LogP contribution in [0.4, 0.5) is 4.39 Å². The lowest BCUT2D eigenvalue weighted by Crippen LogP contribution is -2.32. The Bertz CT molecular complexity index is 1070. The Morgan fingerprint density at radius 3 is 2.41 bits per heavy atom. The van der Waals surface area contributed by atoms with E-state index in [0.29, 0.717) is 11.1 Å². The van der Waals surface area contributed by atoms with Gasteiger partial charge in [-0.05, 0) is 56.0 Å². The molecule has 1 atom stereocenters. The molecule has 3 nitrogen and oxygen atoms in total. The van der Waals surface area contributed by atoms with Crippen LogP contribution in [-0.4, -0.2) is 25.8 Å². The number of allylic oxidation sites excluding steroid dienone is 1. The van der Waals surface area contributed by atoms with Gasteiger partial charge in [0.2, 0.25) is 10.0 Å². The fourth-order valence-electron chi connectivity index (χ4n) is 4.20. The van der Waals surface area contributed by atoms with E-state index >= 15 is 4.39 Å². The highest BCUT2D eigenvalue weighted by Gasteiger charge is 2.47. The van der Waals surface area contributed by atoms with Gasteiger partial charge in [-0.25, -0.2) is 12.8 Å². The summed E-state index contributed by atoms with van der Waals surface area (Å²) in [5.41, 5.74) is 1.47. The molecule has 2 aromatic carbocycles. The molecule has 2 aliphatic rings. The predicted molar refractivity (Wildman–Crippen MR) is 118 cm³/mol. The van der Waals surface area contributed by atoms with Crippen LogP contribution >= 0.6 is 15.9 Å². The summed E-state index contributed by atoms with van der Waals surface area (Å²) in [6.45, 7) is 2.27. The molecule has 1 aliphatic carbocycles. The number of benzene rings is 2. The van der Waals surface area contributed by atoms with Crippen LogP contribution < -0.4 is 0 Å². The first-order chi connectivity index (χ1) is 13.8. The molecular weight excluding hydrogens is 453 g/mol. The highest BCUT2D eigenvalue weighted by Crippen LogP contribution is 2.48. The van der Waals surface area contributed by atoms with Gasteiger partial charge in [-0.2, -0.15) is 4.31 Å². The minimum absolute atomic E-state index is 0.0719. The van der Waals surface area contributed by atoms with Crippen molar-refractivity contribution in [2.45, 2.75) is 31.1 Å². The number of rotatable bonds is 3. The summed E-state index contributed by atoms with van der Waals surface area (Å²) in [4.78, 5) is 0.253. The maximum absolute atomic E-state index is 15.6. The van der Waals surface area contributed by atoms with Gasteiger partial charge in [0, 0.05) is 28.5 Å². The molecule has 0 aromatic heterocycles. The van der Waals surface area contributed by atoms with E-state index < -0.39 is 15.4 Å². The van der Waals surface area contributed by atoms with Gasteiger partial charge in [0.15, 0.2) is 0 Å². The topological polar surface area (TPSA) is 37.4 Å². The summed E-state index contributed by atoms with van der Waals surface area (Å²) in [5, 5.41) is 0. The minimum Gasteiger partial charge on any atom is -0.207 e. The van der Waals surface area contributed by atoms with E-state index in [2.05, 4.69) is 22.0 Å². The Labute approximate surface area is 180 Å². The van der Waals surface area contributed by atoms with Gasteiger partial charge in [-0.15, -0.1) is 0 Å². The van der Waals surface area contributed by atoms with E-state index in [9.17, 15) is 8.42 Å². The molecule has 152 valence electrons. The lowest BCUT2D eigenvalue weighted by atomic mass is 9.74. The molecule has 0 bridgehead atoms. The quantitative estimate of drug-likeness (QED) is 0.520. The van der Waals surface area contributed by atoms with Crippen molar-refractivity contribution in [3.8, 4) is 0 Å². The number of sulfonamides is 1. The largest absolute Gasteiger partial charge is 0.243 e. The summed E-state index contributed by atoms with van der Waals surface area (Å²) in [7, 11) is -3.70. The van der Waals surface area contributed by atoms with Crippen molar-refractivity contribution in [3.05, 3.63) is 81.9 Å². The van der Waals surface area contributed by atoms with Crippen molar-refractivity contribution in [1.29, 1.82) is 0 Å². The number of aryl methyl sites for hydroxylation is 1. The van der Waals surface area contributed by atoms with Crippen molar-refractivity contribution in [2.75, 3.05) is 13.1 Å². The molecule has 4 rings (SSSR count). The van der Waals surface area contributed by atoms with Crippen molar-refractivity contribution in [1.82, 2.24) is 4.31 Å². The van der Waals surface area contributed by atoms with Crippen LogP contribution in [0.5, 0.6) is 0 Å². The smallest absolute Gasteiger partial charge is 0.207 e. The van der Waals surface area contributed by atoms with Gasteiger partial charge in [0.25, 0.3) is 0 Å². The van der Waals surface area contributed by atoms with Gasteiger partial charge >= 0.3 is 0 Å². The molecule has 2 aromatic rings. The van der Waals surface area contributed by atoms with Gasteiger partial charge < -0.3 is 0 Å².